The van der Waals surface area contributed by atoms with Gasteiger partial charge in [-0.2, -0.15) is 13.2 Å². The van der Waals surface area contributed by atoms with Crippen LogP contribution in [0.25, 0.3) is 22.2 Å². The number of rotatable bonds is 1. The average molecular weight is 310 g/mol. The van der Waals surface area contributed by atoms with Gasteiger partial charge in [-0.15, -0.1) is 0 Å². The van der Waals surface area contributed by atoms with E-state index in [0.29, 0.717) is 5.56 Å². The Kier molecular flexibility index (Phi) is 3.25. The number of halogens is 4. The van der Waals surface area contributed by atoms with E-state index in [1.54, 1.807) is 6.07 Å². The molecule has 2 heterocycles. The summed E-state index contributed by atoms with van der Waals surface area (Å²) < 4.78 is 38.2. The number of hydrogen-bond donors (Lipinski definition) is 0. The highest BCUT2D eigenvalue weighted by molar-refractivity contribution is 6.29. The number of benzene rings is 1. The Bertz CT molecular complexity index is 818. The Labute approximate surface area is 122 Å². The molecule has 2 aromatic heterocycles. The fourth-order valence-electron chi connectivity index (χ4n) is 1.90. The van der Waals surface area contributed by atoms with Gasteiger partial charge in [-0.3, -0.25) is 4.98 Å². The zero-order valence-corrected chi connectivity index (χ0v) is 11.2. The molecule has 0 spiro atoms. The molecule has 0 aliphatic rings. The Hall–Kier alpha value is -2.21. The maximum Gasteiger partial charge on any atom is 0.451 e. The summed E-state index contributed by atoms with van der Waals surface area (Å²) in [5.74, 6) is -1.27. The minimum absolute atomic E-state index is 0.0839. The van der Waals surface area contributed by atoms with E-state index in [1.807, 2.05) is 24.3 Å². The van der Waals surface area contributed by atoms with E-state index in [2.05, 4.69) is 15.0 Å². The van der Waals surface area contributed by atoms with Crippen molar-refractivity contribution in [3.05, 3.63) is 53.6 Å². The molecule has 106 valence electrons. The predicted molar refractivity (Wildman–Crippen MR) is 72.8 cm³/mol. The van der Waals surface area contributed by atoms with Crippen LogP contribution >= 0.6 is 11.6 Å². The van der Waals surface area contributed by atoms with Crippen molar-refractivity contribution in [3.63, 3.8) is 0 Å². The molecule has 7 heteroatoms. The highest BCUT2D eigenvalue weighted by Gasteiger charge is 2.35. The maximum atomic E-state index is 12.7. The minimum atomic E-state index is -4.65. The second kappa shape index (κ2) is 4.96. The summed E-state index contributed by atoms with van der Waals surface area (Å²) in [6.45, 7) is 0. The van der Waals surface area contributed by atoms with Gasteiger partial charge >= 0.3 is 6.18 Å². The normalized spacial score (nSPS) is 11.8. The first-order chi connectivity index (χ1) is 9.93. The van der Waals surface area contributed by atoms with Gasteiger partial charge in [0.15, 0.2) is 0 Å². The first-order valence-electron chi connectivity index (χ1n) is 5.90. The van der Waals surface area contributed by atoms with Gasteiger partial charge in [0, 0.05) is 23.2 Å². The lowest BCUT2D eigenvalue weighted by Crippen LogP contribution is -2.11. The Morgan fingerprint density at radius 2 is 1.76 bits per heavy atom. The number of hydrogen-bond acceptors (Lipinski definition) is 3. The lowest BCUT2D eigenvalue weighted by molar-refractivity contribution is -0.144. The van der Waals surface area contributed by atoms with Crippen LogP contribution in [-0.4, -0.2) is 15.0 Å². The zero-order chi connectivity index (χ0) is 15.0. The molecule has 3 nitrogen and oxygen atoms in total. The third kappa shape index (κ3) is 2.80. The van der Waals surface area contributed by atoms with Crippen molar-refractivity contribution >= 4 is 22.5 Å². The molecule has 0 radical (unpaired) electrons. The molecule has 1 aromatic carbocycles. The van der Waals surface area contributed by atoms with Crippen LogP contribution in [0.1, 0.15) is 5.82 Å². The van der Waals surface area contributed by atoms with Gasteiger partial charge in [-0.25, -0.2) is 9.97 Å². The standard InChI is InChI=1S/C14H7ClF3N3/c15-12-6-11(20-13(21-12)14(16,17)18)9-5-8-3-1-2-4-10(8)19-7-9/h1-7H. The van der Waals surface area contributed by atoms with E-state index in [1.165, 1.54) is 12.3 Å². The number of aromatic nitrogens is 3. The van der Waals surface area contributed by atoms with E-state index >= 15 is 0 Å². The summed E-state index contributed by atoms with van der Waals surface area (Å²) in [7, 11) is 0. The number of fused-ring (bicyclic) bond motifs is 1. The van der Waals surface area contributed by atoms with Crippen LogP contribution in [0.2, 0.25) is 5.15 Å². The Morgan fingerprint density at radius 1 is 1.00 bits per heavy atom. The van der Waals surface area contributed by atoms with Crippen molar-refractivity contribution < 1.29 is 13.2 Å². The van der Waals surface area contributed by atoms with Crippen LogP contribution < -0.4 is 0 Å². The second-order valence-corrected chi connectivity index (χ2v) is 4.70. The van der Waals surface area contributed by atoms with Crippen LogP contribution in [0.5, 0.6) is 0 Å². The predicted octanol–water partition coefficient (Wildman–Crippen LogP) is 4.36. The first kappa shape index (κ1) is 13.8. The number of para-hydroxylation sites is 1. The first-order valence-corrected chi connectivity index (χ1v) is 6.28. The Balaban J connectivity index is 2.16. The molecule has 0 unspecified atom stereocenters. The molecule has 0 N–H and O–H groups in total. The second-order valence-electron chi connectivity index (χ2n) is 4.31. The zero-order valence-electron chi connectivity index (χ0n) is 10.4. The molecule has 0 aliphatic heterocycles. The van der Waals surface area contributed by atoms with Gasteiger partial charge in [0.05, 0.1) is 11.2 Å². The van der Waals surface area contributed by atoms with Crippen molar-refractivity contribution in [1.29, 1.82) is 0 Å². The monoisotopic (exact) mass is 309 g/mol. The fraction of sp³-hybridized carbons (Fsp3) is 0.0714. The molecule has 3 rings (SSSR count). The van der Waals surface area contributed by atoms with Crippen molar-refractivity contribution in [2.24, 2.45) is 0 Å². The third-order valence-corrected chi connectivity index (χ3v) is 3.03. The summed E-state index contributed by atoms with van der Waals surface area (Å²) in [6.07, 6.45) is -3.19. The van der Waals surface area contributed by atoms with Crippen molar-refractivity contribution in [1.82, 2.24) is 15.0 Å². The molecular formula is C14H7ClF3N3. The van der Waals surface area contributed by atoms with Gasteiger partial charge in [0.25, 0.3) is 0 Å². The SMILES string of the molecule is FC(F)(F)c1nc(Cl)cc(-c2cnc3ccccc3c2)n1. The largest absolute Gasteiger partial charge is 0.451 e. The van der Waals surface area contributed by atoms with Crippen LogP contribution in [0.4, 0.5) is 13.2 Å². The summed E-state index contributed by atoms with van der Waals surface area (Å²) in [6, 6.07) is 10.3. The van der Waals surface area contributed by atoms with Crippen LogP contribution in [-0.2, 0) is 6.18 Å². The van der Waals surface area contributed by atoms with Gasteiger partial charge in [-0.1, -0.05) is 29.8 Å². The third-order valence-electron chi connectivity index (χ3n) is 2.83. The fourth-order valence-corrected chi connectivity index (χ4v) is 2.09. The van der Waals surface area contributed by atoms with Crippen molar-refractivity contribution in [2.75, 3.05) is 0 Å². The molecule has 0 saturated heterocycles. The topological polar surface area (TPSA) is 38.7 Å². The smallest absolute Gasteiger partial charge is 0.256 e. The average Bonchev–Trinajstić information content (AvgIpc) is 2.45. The lowest BCUT2D eigenvalue weighted by atomic mass is 10.1. The van der Waals surface area contributed by atoms with Gasteiger partial charge < -0.3 is 0 Å². The maximum absolute atomic E-state index is 12.7. The van der Waals surface area contributed by atoms with Crippen LogP contribution in [0.3, 0.4) is 0 Å². The van der Waals surface area contributed by atoms with E-state index in [4.69, 9.17) is 11.6 Å². The molecule has 0 atom stereocenters. The molecule has 21 heavy (non-hydrogen) atoms. The van der Waals surface area contributed by atoms with Crippen LogP contribution in [0, 0.1) is 0 Å². The molecular weight excluding hydrogens is 303 g/mol. The van der Waals surface area contributed by atoms with Gasteiger partial charge in [-0.05, 0) is 12.1 Å². The molecule has 0 amide bonds. The molecule has 0 saturated carbocycles. The minimum Gasteiger partial charge on any atom is -0.256 e. The van der Waals surface area contributed by atoms with Gasteiger partial charge in [0.2, 0.25) is 5.82 Å². The number of nitrogens with zero attached hydrogens (tertiary/aromatic N) is 3. The summed E-state index contributed by atoms with van der Waals surface area (Å²) in [5, 5.41) is 0.541. The summed E-state index contributed by atoms with van der Waals surface area (Å²) in [4.78, 5) is 10.9. The highest BCUT2D eigenvalue weighted by Crippen LogP contribution is 2.30. The van der Waals surface area contributed by atoms with E-state index in [0.717, 1.165) is 10.9 Å². The molecule has 0 fully saturated rings. The molecule has 0 bridgehead atoms. The van der Waals surface area contributed by atoms with Crippen molar-refractivity contribution in [2.45, 2.75) is 6.18 Å². The summed E-state index contributed by atoms with van der Waals surface area (Å²) >= 11 is 5.65. The molecule has 3 aromatic rings. The van der Waals surface area contributed by atoms with E-state index in [9.17, 15) is 13.2 Å². The molecule has 0 aliphatic carbocycles. The van der Waals surface area contributed by atoms with E-state index in [-0.39, 0.29) is 10.8 Å². The summed E-state index contributed by atoms with van der Waals surface area (Å²) in [5.41, 5.74) is 1.28. The van der Waals surface area contributed by atoms with Crippen molar-refractivity contribution in [3.8, 4) is 11.3 Å². The highest BCUT2D eigenvalue weighted by atomic mass is 35.5. The Morgan fingerprint density at radius 3 is 2.52 bits per heavy atom. The number of alkyl halides is 3. The van der Waals surface area contributed by atoms with Crippen LogP contribution in [0.15, 0.2) is 42.6 Å². The lowest BCUT2D eigenvalue weighted by Gasteiger charge is -2.08. The van der Waals surface area contributed by atoms with E-state index < -0.39 is 12.0 Å². The quantitative estimate of drug-likeness (QED) is 0.627. The van der Waals surface area contributed by atoms with Gasteiger partial charge in [0.1, 0.15) is 5.15 Å². The number of pyridine rings is 1.